The van der Waals surface area contributed by atoms with E-state index < -0.39 is 6.03 Å². The van der Waals surface area contributed by atoms with E-state index in [1.165, 1.54) is 0 Å². The lowest BCUT2D eigenvalue weighted by atomic mass is 9.99. The zero-order chi connectivity index (χ0) is 22.1. The molecular weight excluding hydrogens is 404 g/mol. The molecule has 3 heterocycles. The molecule has 1 saturated heterocycles. The first kappa shape index (κ1) is 20.0. The summed E-state index contributed by atoms with van der Waals surface area (Å²) in [5.74, 6) is 0.888. The fraction of sp³-hybridized carbons (Fsp3) is 0.250. The van der Waals surface area contributed by atoms with Crippen LogP contribution in [0.25, 0.3) is 11.1 Å². The third-order valence-electron chi connectivity index (χ3n) is 6.15. The molecule has 1 fully saturated rings. The zero-order valence-corrected chi connectivity index (χ0v) is 17.6. The van der Waals surface area contributed by atoms with Crippen molar-refractivity contribution in [3.63, 3.8) is 0 Å². The number of carbonyl (C=O) groups excluding carboxylic acids is 2. The molecule has 0 unspecified atom stereocenters. The van der Waals surface area contributed by atoms with Crippen molar-refractivity contribution < 1.29 is 9.59 Å². The second kappa shape index (κ2) is 8.30. The van der Waals surface area contributed by atoms with Gasteiger partial charge in [0.1, 0.15) is 5.82 Å². The van der Waals surface area contributed by atoms with Crippen molar-refractivity contribution in [2.75, 3.05) is 31.1 Å². The van der Waals surface area contributed by atoms with E-state index in [4.69, 9.17) is 5.73 Å². The number of carbonyl (C=O) groups is 2. The third kappa shape index (κ3) is 3.87. The Morgan fingerprint density at radius 2 is 1.53 bits per heavy atom. The summed E-state index contributed by atoms with van der Waals surface area (Å²) >= 11 is 0. The first-order chi connectivity index (χ1) is 15.6. The molecule has 8 heteroatoms. The fourth-order valence-corrected chi connectivity index (χ4v) is 4.31. The van der Waals surface area contributed by atoms with Crippen molar-refractivity contribution in [3.05, 3.63) is 77.7 Å². The van der Waals surface area contributed by atoms with Crippen molar-refractivity contribution in [2.45, 2.75) is 13.1 Å². The highest BCUT2D eigenvalue weighted by Gasteiger charge is 2.24. The Labute approximate surface area is 186 Å². The molecule has 8 nitrogen and oxygen atoms in total. The van der Waals surface area contributed by atoms with Crippen molar-refractivity contribution in [3.8, 4) is 11.1 Å². The van der Waals surface area contributed by atoms with Gasteiger partial charge in [-0.1, -0.05) is 24.3 Å². The molecule has 32 heavy (non-hydrogen) atoms. The van der Waals surface area contributed by atoms with E-state index in [1.807, 2.05) is 41.3 Å². The second-order valence-electron chi connectivity index (χ2n) is 8.10. The number of fused-ring (bicyclic) bond motifs is 1. The van der Waals surface area contributed by atoms with Crippen molar-refractivity contribution in [1.82, 2.24) is 19.8 Å². The number of nitrogens with two attached hydrogens (primary N) is 1. The number of aromatic nitrogens is 2. The lowest BCUT2D eigenvalue weighted by Crippen LogP contribution is -2.49. The van der Waals surface area contributed by atoms with Gasteiger partial charge in [-0.2, -0.15) is 0 Å². The van der Waals surface area contributed by atoms with Gasteiger partial charge in [-0.25, -0.2) is 9.78 Å². The summed E-state index contributed by atoms with van der Waals surface area (Å²) in [4.78, 5) is 38.5. The quantitative estimate of drug-likeness (QED) is 0.692. The Morgan fingerprint density at radius 1 is 0.812 bits per heavy atom. The minimum atomic E-state index is -0.400. The Morgan fingerprint density at radius 3 is 2.22 bits per heavy atom. The fourth-order valence-electron chi connectivity index (χ4n) is 4.31. The number of piperazine rings is 1. The molecule has 0 radical (unpaired) electrons. The molecule has 3 amide bonds. The van der Waals surface area contributed by atoms with Gasteiger partial charge >= 0.3 is 6.03 Å². The number of primary amides is 1. The number of hydrogen-bond donors (Lipinski definition) is 1. The Balaban J connectivity index is 1.24. The van der Waals surface area contributed by atoms with Gasteiger partial charge in [0.2, 0.25) is 0 Å². The van der Waals surface area contributed by atoms with Gasteiger partial charge in [0.25, 0.3) is 5.91 Å². The van der Waals surface area contributed by atoms with E-state index in [-0.39, 0.29) is 5.91 Å². The maximum absolute atomic E-state index is 13.0. The minimum Gasteiger partial charge on any atom is -0.352 e. The van der Waals surface area contributed by atoms with Crippen LogP contribution in [0.5, 0.6) is 0 Å². The number of benzene rings is 2. The number of amides is 3. The zero-order valence-electron chi connectivity index (χ0n) is 17.6. The molecule has 0 aliphatic carbocycles. The molecule has 0 bridgehead atoms. The normalized spacial score (nSPS) is 15.6. The van der Waals surface area contributed by atoms with Gasteiger partial charge in [0, 0.05) is 57.2 Å². The molecule has 0 saturated carbocycles. The number of nitrogens with zero attached hydrogens (tertiary/aromatic N) is 5. The third-order valence-corrected chi connectivity index (χ3v) is 6.15. The summed E-state index contributed by atoms with van der Waals surface area (Å²) in [5.41, 5.74) is 10.4. The van der Waals surface area contributed by atoms with Crippen LogP contribution in [0.3, 0.4) is 0 Å². The molecule has 2 aliphatic rings. The molecule has 5 rings (SSSR count). The van der Waals surface area contributed by atoms with Gasteiger partial charge < -0.3 is 20.4 Å². The topological polar surface area (TPSA) is 95.7 Å². The SMILES string of the molecule is NC(=O)N1Cc2ccc(-c3ccc(C(=O)N4CCN(c5cnccn5)CC4)cc3)cc2C1. The molecule has 1 aromatic heterocycles. The van der Waals surface area contributed by atoms with Crippen LogP contribution in [0.1, 0.15) is 21.5 Å². The van der Waals surface area contributed by atoms with Crippen LogP contribution in [0.2, 0.25) is 0 Å². The van der Waals surface area contributed by atoms with Crippen molar-refractivity contribution >= 4 is 17.8 Å². The Bertz CT molecular complexity index is 1140. The van der Waals surface area contributed by atoms with Crippen LogP contribution in [0.4, 0.5) is 10.6 Å². The largest absolute Gasteiger partial charge is 0.352 e. The van der Waals surface area contributed by atoms with E-state index in [2.05, 4.69) is 20.9 Å². The van der Waals surface area contributed by atoms with Crippen LogP contribution >= 0.6 is 0 Å². The van der Waals surface area contributed by atoms with Gasteiger partial charge in [-0.05, 0) is 40.5 Å². The van der Waals surface area contributed by atoms with E-state index >= 15 is 0 Å². The molecule has 0 atom stereocenters. The molecule has 3 aromatic rings. The Hall–Kier alpha value is -3.94. The second-order valence-corrected chi connectivity index (χ2v) is 8.10. The highest BCUT2D eigenvalue weighted by molar-refractivity contribution is 5.95. The van der Waals surface area contributed by atoms with Gasteiger partial charge in [-0.3, -0.25) is 9.78 Å². The smallest absolute Gasteiger partial charge is 0.315 e. The molecule has 2 aromatic carbocycles. The number of urea groups is 1. The molecule has 2 N–H and O–H groups in total. The van der Waals surface area contributed by atoms with E-state index in [9.17, 15) is 9.59 Å². The monoisotopic (exact) mass is 428 g/mol. The summed E-state index contributed by atoms with van der Waals surface area (Å²) in [6.07, 6.45) is 5.09. The molecular formula is C24H24N6O2. The van der Waals surface area contributed by atoms with E-state index in [1.54, 1.807) is 23.5 Å². The molecule has 2 aliphatic heterocycles. The number of rotatable bonds is 3. The predicted octanol–water partition coefficient (Wildman–Crippen LogP) is 2.50. The summed E-state index contributed by atoms with van der Waals surface area (Å²) in [6.45, 7) is 3.87. The van der Waals surface area contributed by atoms with Crippen LogP contribution in [-0.2, 0) is 13.1 Å². The van der Waals surface area contributed by atoms with Crippen LogP contribution in [0, 0.1) is 0 Å². The Kier molecular flexibility index (Phi) is 5.18. The standard InChI is InChI=1S/C24H24N6O2/c25-24(32)30-15-20-6-5-19(13-21(20)16-30)17-1-3-18(4-2-17)23(31)29-11-9-28(10-12-29)22-14-26-7-8-27-22/h1-8,13-14H,9-12,15-16H2,(H2,25,32). The summed E-state index contributed by atoms with van der Waals surface area (Å²) in [6, 6.07) is 13.5. The van der Waals surface area contributed by atoms with E-state index in [0.717, 1.165) is 41.2 Å². The van der Waals surface area contributed by atoms with Crippen molar-refractivity contribution in [1.29, 1.82) is 0 Å². The van der Waals surface area contributed by atoms with Gasteiger partial charge in [-0.15, -0.1) is 0 Å². The number of anilines is 1. The predicted molar refractivity (Wildman–Crippen MR) is 121 cm³/mol. The average molecular weight is 428 g/mol. The highest BCUT2D eigenvalue weighted by atomic mass is 16.2. The van der Waals surface area contributed by atoms with Crippen LogP contribution < -0.4 is 10.6 Å². The first-order valence-corrected chi connectivity index (χ1v) is 10.7. The first-order valence-electron chi connectivity index (χ1n) is 10.7. The van der Waals surface area contributed by atoms with Crippen molar-refractivity contribution in [2.24, 2.45) is 5.73 Å². The summed E-state index contributed by atoms with van der Waals surface area (Å²) < 4.78 is 0. The summed E-state index contributed by atoms with van der Waals surface area (Å²) in [5, 5.41) is 0. The average Bonchev–Trinajstić information content (AvgIpc) is 3.28. The minimum absolute atomic E-state index is 0.0430. The molecule has 162 valence electrons. The molecule has 0 spiro atoms. The lowest BCUT2D eigenvalue weighted by molar-refractivity contribution is 0.0746. The highest BCUT2D eigenvalue weighted by Crippen LogP contribution is 2.28. The van der Waals surface area contributed by atoms with E-state index in [0.29, 0.717) is 31.7 Å². The number of hydrogen-bond acceptors (Lipinski definition) is 5. The summed E-state index contributed by atoms with van der Waals surface area (Å²) in [7, 11) is 0. The van der Waals surface area contributed by atoms with Crippen LogP contribution in [-0.4, -0.2) is 57.9 Å². The van der Waals surface area contributed by atoms with Gasteiger partial charge in [0.15, 0.2) is 0 Å². The van der Waals surface area contributed by atoms with Gasteiger partial charge in [0.05, 0.1) is 6.20 Å². The maximum Gasteiger partial charge on any atom is 0.315 e. The lowest BCUT2D eigenvalue weighted by Gasteiger charge is -2.35. The maximum atomic E-state index is 13.0. The van der Waals surface area contributed by atoms with Crippen LogP contribution in [0.15, 0.2) is 61.1 Å².